The first-order valence-electron chi connectivity index (χ1n) is 7.86. The first-order valence-corrected chi connectivity index (χ1v) is 7.86. The fraction of sp³-hybridized carbons (Fsp3) is 0.0952. The summed E-state index contributed by atoms with van der Waals surface area (Å²) in [6.07, 6.45) is 1.25. The lowest BCUT2D eigenvalue weighted by molar-refractivity contribution is 0.307. The molecular weight excluding hydrogens is 317 g/mol. The summed E-state index contributed by atoms with van der Waals surface area (Å²) in [6, 6.07) is 19.6. The van der Waals surface area contributed by atoms with E-state index in [9.17, 15) is 4.39 Å². The molecule has 3 rings (SSSR count). The summed E-state index contributed by atoms with van der Waals surface area (Å²) in [5.74, 6) is 0.795. The molecule has 0 atom stereocenters. The third-order valence-corrected chi connectivity index (χ3v) is 3.86. The highest BCUT2D eigenvalue weighted by molar-refractivity contribution is 5.83. The number of hydrogen-bond acceptors (Lipinski definition) is 3. The van der Waals surface area contributed by atoms with Gasteiger partial charge in [-0.1, -0.05) is 36.4 Å². The van der Waals surface area contributed by atoms with Crippen molar-refractivity contribution >= 4 is 6.21 Å². The van der Waals surface area contributed by atoms with Gasteiger partial charge in [-0.3, -0.25) is 0 Å². The van der Waals surface area contributed by atoms with Crippen molar-refractivity contribution in [1.82, 2.24) is 0 Å². The lowest BCUT2D eigenvalue weighted by atomic mass is 10.0. The van der Waals surface area contributed by atoms with Crippen LogP contribution < -0.4 is 9.47 Å². The van der Waals surface area contributed by atoms with Crippen LogP contribution in [0.25, 0.3) is 11.1 Å². The smallest absolute Gasteiger partial charge is 0.128 e. The Bertz CT molecular complexity index is 878. The molecule has 0 aliphatic carbocycles. The number of halogens is 1. The number of methoxy groups -OCH3 is 1. The Labute approximate surface area is 146 Å². The van der Waals surface area contributed by atoms with Crippen LogP contribution in [0.4, 0.5) is 4.39 Å². The van der Waals surface area contributed by atoms with Crippen molar-refractivity contribution in [3.05, 3.63) is 83.7 Å². The first-order chi connectivity index (χ1) is 12.2. The average Bonchev–Trinajstić information content (AvgIpc) is 2.67. The lowest BCUT2D eigenvalue weighted by Crippen LogP contribution is -1.99. The minimum Gasteiger partial charge on any atom is -0.496 e. The normalized spacial score (nSPS) is 10.3. The molecule has 3 aromatic rings. The maximum atomic E-state index is 13.8. The number of hydrogen-bond donors (Lipinski definition) is 1. The number of benzene rings is 3. The molecule has 0 amide bonds. The van der Waals surface area contributed by atoms with Crippen LogP contribution in [0.1, 0.15) is 11.1 Å². The van der Waals surface area contributed by atoms with E-state index in [1.54, 1.807) is 25.3 Å². The summed E-state index contributed by atoms with van der Waals surface area (Å²) < 4.78 is 25.1. The molecule has 1 N–H and O–H groups in total. The molecule has 25 heavy (non-hydrogen) atoms. The SMILES string of the molecule is COc1ccc(F)cc1-c1ccc(C=N)cc1OCc1ccccc1. The van der Waals surface area contributed by atoms with Crippen LogP contribution in [-0.4, -0.2) is 13.3 Å². The van der Waals surface area contributed by atoms with Gasteiger partial charge in [-0.15, -0.1) is 0 Å². The topological polar surface area (TPSA) is 42.3 Å². The molecule has 126 valence electrons. The molecule has 0 bridgehead atoms. The van der Waals surface area contributed by atoms with Crippen molar-refractivity contribution in [3.8, 4) is 22.6 Å². The van der Waals surface area contributed by atoms with E-state index in [2.05, 4.69) is 0 Å². The Morgan fingerprint density at radius 1 is 0.920 bits per heavy atom. The van der Waals surface area contributed by atoms with Crippen LogP contribution in [0.3, 0.4) is 0 Å². The molecule has 0 saturated heterocycles. The van der Waals surface area contributed by atoms with Crippen LogP contribution in [0, 0.1) is 11.2 Å². The van der Waals surface area contributed by atoms with Crippen LogP contribution in [0.15, 0.2) is 66.7 Å². The molecule has 4 heteroatoms. The average molecular weight is 335 g/mol. The number of rotatable bonds is 6. The van der Waals surface area contributed by atoms with Gasteiger partial charge in [-0.25, -0.2) is 4.39 Å². The van der Waals surface area contributed by atoms with Crippen molar-refractivity contribution in [2.24, 2.45) is 0 Å². The van der Waals surface area contributed by atoms with E-state index >= 15 is 0 Å². The second-order valence-electron chi connectivity index (χ2n) is 5.52. The molecular formula is C21H18FNO2. The van der Waals surface area contributed by atoms with E-state index < -0.39 is 0 Å². The minimum absolute atomic E-state index is 0.346. The molecule has 3 aromatic carbocycles. The van der Waals surface area contributed by atoms with Crippen molar-refractivity contribution < 1.29 is 13.9 Å². The van der Waals surface area contributed by atoms with E-state index in [4.69, 9.17) is 14.9 Å². The predicted molar refractivity (Wildman–Crippen MR) is 97.0 cm³/mol. The molecule has 0 radical (unpaired) electrons. The Hall–Kier alpha value is -3.14. The fourth-order valence-electron chi connectivity index (χ4n) is 2.60. The van der Waals surface area contributed by atoms with Crippen molar-refractivity contribution in [3.63, 3.8) is 0 Å². The summed E-state index contributed by atoms with van der Waals surface area (Å²) in [4.78, 5) is 0. The Balaban J connectivity index is 2.01. The predicted octanol–water partition coefficient (Wildman–Crippen LogP) is 5.08. The van der Waals surface area contributed by atoms with E-state index in [0.717, 1.165) is 11.1 Å². The first kappa shape index (κ1) is 16.7. The van der Waals surface area contributed by atoms with Crippen LogP contribution in [-0.2, 0) is 6.61 Å². The molecule has 0 heterocycles. The van der Waals surface area contributed by atoms with Gasteiger partial charge in [0.05, 0.1) is 7.11 Å². The number of nitrogens with one attached hydrogen (secondary N) is 1. The Kier molecular flexibility index (Phi) is 5.09. The van der Waals surface area contributed by atoms with Gasteiger partial charge in [-0.2, -0.15) is 0 Å². The highest BCUT2D eigenvalue weighted by atomic mass is 19.1. The van der Waals surface area contributed by atoms with Gasteiger partial charge in [0.2, 0.25) is 0 Å². The maximum Gasteiger partial charge on any atom is 0.128 e. The van der Waals surface area contributed by atoms with Gasteiger partial charge in [0.1, 0.15) is 23.9 Å². The second kappa shape index (κ2) is 7.62. The minimum atomic E-state index is -0.346. The third-order valence-electron chi connectivity index (χ3n) is 3.86. The van der Waals surface area contributed by atoms with Crippen molar-refractivity contribution in [2.45, 2.75) is 6.61 Å². The molecule has 0 saturated carbocycles. The van der Waals surface area contributed by atoms with E-state index in [1.165, 1.54) is 18.3 Å². The summed E-state index contributed by atoms with van der Waals surface area (Å²) in [5.41, 5.74) is 3.07. The van der Waals surface area contributed by atoms with Gasteiger partial charge in [0, 0.05) is 17.3 Å². The maximum absolute atomic E-state index is 13.8. The molecule has 0 fully saturated rings. The molecule has 3 nitrogen and oxygen atoms in total. The lowest BCUT2D eigenvalue weighted by Gasteiger charge is -2.15. The summed E-state index contributed by atoms with van der Waals surface area (Å²) in [5, 5.41) is 7.46. The zero-order valence-electron chi connectivity index (χ0n) is 13.8. The van der Waals surface area contributed by atoms with E-state index in [-0.39, 0.29) is 5.82 Å². The van der Waals surface area contributed by atoms with Crippen LogP contribution in [0.2, 0.25) is 0 Å². The van der Waals surface area contributed by atoms with E-state index in [1.807, 2.05) is 36.4 Å². The standard InChI is InChI=1S/C21H18FNO2/c1-24-20-10-8-17(22)12-19(20)18-9-7-16(13-23)11-21(18)25-14-15-5-3-2-4-6-15/h2-13,23H,14H2,1H3. The highest BCUT2D eigenvalue weighted by Crippen LogP contribution is 2.37. The molecule has 0 aliphatic heterocycles. The van der Waals surface area contributed by atoms with Gasteiger partial charge in [-0.05, 0) is 41.5 Å². The quantitative estimate of drug-likeness (QED) is 0.638. The second-order valence-corrected chi connectivity index (χ2v) is 5.52. The zero-order chi connectivity index (χ0) is 17.6. The number of ether oxygens (including phenoxy) is 2. The van der Waals surface area contributed by atoms with Gasteiger partial charge in [0.25, 0.3) is 0 Å². The summed E-state index contributed by atoms with van der Waals surface area (Å²) in [7, 11) is 1.55. The third kappa shape index (κ3) is 3.86. The molecule has 0 aliphatic rings. The monoisotopic (exact) mass is 335 g/mol. The highest BCUT2D eigenvalue weighted by Gasteiger charge is 2.13. The molecule has 0 spiro atoms. The van der Waals surface area contributed by atoms with Crippen LogP contribution >= 0.6 is 0 Å². The van der Waals surface area contributed by atoms with Crippen molar-refractivity contribution in [1.29, 1.82) is 5.41 Å². The van der Waals surface area contributed by atoms with Gasteiger partial charge < -0.3 is 14.9 Å². The summed E-state index contributed by atoms with van der Waals surface area (Å²) in [6.45, 7) is 0.382. The zero-order valence-corrected chi connectivity index (χ0v) is 13.8. The van der Waals surface area contributed by atoms with Crippen LogP contribution in [0.5, 0.6) is 11.5 Å². The largest absolute Gasteiger partial charge is 0.496 e. The van der Waals surface area contributed by atoms with Gasteiger partial charge in [0.15, 0.2) is 0 Å². The molecule has 0 unspecified atom stereocenters. The van der Waals surface area contributed by atoms with Crippen molar-refractivity contribution in [2.75, 3.05) is 7.11 Å². The van der Waals surface area contributed by atoms with Gasteiger partial charge >= 0.3 is 0 Å². The fourth-order valence-corrected chi connectivity index (χ4v) is 2.60. The van der Waals surface area contributed by atoms with E-state index in [0.29, 0.717) is 29.2 Å². The molecule has 0 aromatic heterocycles. The summed E-state index contributed by atoms with van der Waals surface area (Å²) >= 11 is 0. The Morgan fingerprint density at radius 2 is 1.72 bits per heavy atom. The Morgan fingerprint density at radius 3 is 2.44 bits per heavy atom.